The summed E-state index contributed by atoms with van der Waals surface area (Å²) in [5.74, 6) is -0.697. The summed E-state index contributed by atoms with van der Waals surface area (Å²) < 4.78 is 13.6. The first kappa shape index (κ1) is 17.8. The van der Waals surface area contributed by atoms with Gasteiger partial charge in [-0.1, -0.05) is 29.8 Å². The molecular weight excluding hydrogens is 355 g/mol. The lowest BCUT2D eigenvalue weighted by molar-refractivity contribution is 0.102. The number of anilines is 3. The highest BCUT2D eigenvalue weighted by Crippen LogP contribution is 2.29. The molecule has 0 radical (unpaired) electrons. The summed E-state index contributed by atoms with van der Waals surface area (Å²) in [6, 6.07) is 9.76. The van der Waals surface area contributed by atoms with Crippen molar-refractivity contribution in [3.05, 3.63) is 76.3 Å². The largest absolute Gasteiger partial charge is 0.323 e. The van der Waals surface area contributed by atoms with Crippen molar-refractivity contribution in [2.45, 2.75) is 13.8 Å². The third kappa shape index (κ3) is 3.97. The molecule has 0 fully saturated rings. The Kier molecular flexibility index (Phi) is 5.14. The topological polar surface area (TPSA) is 66.9 Å². The van der Waals surface area contributed by atoms with E-state index in [4.69, 9.17) is 11.6 Å². The minimum Gasteiger partial charge on any atom is -0.323 e. The van der Waals surface area contributed by atoms with Crippen LogP contribution in [-0.4, -0.2) is 15.9 Å². The van der Waals surface area contributed by atoms with Crippen molar-refractivity contribution in [2.75, 3.05) is 10.6 Å². The monoisotopic (exact) mass is 370 g/mol. The lowest BCUT2D eigenvalue weighted by Crippen LogP contribution is -2.14. The maximum absolute atomic E-state index is 13.6. The van der Waals surface area contributed by atoms with E-state index in [-0.39, 0.29) is 11.3 Å². The third-order valence-corrected chi connectivity index (χ3v) is 4.00. The van der Waals surface area contributed by atoms with Gasteiger partial charge in [-0.25, -0.2) is 14.4 Å². The lowest BCUT2D eigenvalue weighted by Gasteiger charge is -2.11. The van der Waals surface area contributed by atoms with Crippen molar-refractivity contribution >= 4 is 34.8 Å². The molecule has 0 bridgehead atoms. The van der Waals surface area contributed by atoms with E-state index in [9.17, 15) is 9.18 Å². The van der Waals surface area contributed by atoms with Gasteiger partial charge in [0.2, 0.25) is 5.95 Å². The van der Waals surface area contributed by atoms with Gasteiger partial charge in [0.25, 0.3) is 5.91 Å². The number of carbonyl (C=O) groups excluding carboxylic acids is 1. The molecule has 1 amide bonds. The predicted molar refractivity (Wildman–Crippen MR) is 101 cm³/mol. The van der Waals surface area contributed by atoms with E-state index >= 15 is 0 Å². The molecule has 2 N–H and O–H groups in total. The normalized spacial score (nSPS) is 10.5. The smallest absolute Gasteiger partial charge is 0.258 e. The Labute approximate surface area is 155 Å². The molecule has 132 valence electrons. The molecule has 26 heavy (non-hydrogen) atoms. The molecule has 3 rings (SSSR count). The average molecular weight is 371 g/mol. The van der Waals surface area contributed by atoms with Gasteiger partial charge in [-0.05, 0) is 43.2 Å². The van der Waals surface area contributed by atoms with Crippen LogP contribution in [-0.2, 0) is 0 Å². The zero-order chi connectivity index (χ0) is 18.7. The van der Waals surface area contributed by atoms with E-state index in [1.54, 1.807) is 12.1 Å². The zero-order valence-electron chi connectivity index (χ0n) is 14.2. The molecule has 0 atom stereocenters. The number of amides is 1. The van der Waals surface area contributed by atoms with Gasteiger partial charge in [0.05, 0.1) is 22.0 Å². The van der Waals surface area contributed by atoms with E-state index in [1.165, 1.54) is 24.5 Å². The Morgan fingerprint density at radius 3 is 2.46 bits per heavy atom. The second-order valence-corrected chi connectivity index (χ2v) is 6.20. The molecule has 7 heteroatoms. The minimum atomic E-state index is -0.510. The van der Waals surface area contributed by atoms with Gasteiger partial charge in [0.15, 0.2) is 0 Å². The Bertz CT molecular complexity index is 937. The molecule has 2 aromatic carbocycles. The number of benzene rings is 2. The maximum atomic E-state index is 13.6. The number of hydrogen-bond acceptors (Lipinski definition) is 4. The Balaban J connectivity index is 1.75. The van der Waals surface area contributed by atoms with E-state index < -0.39 is 11.7 Å². The number of hydrogen-bond donors (Lipinski definition) is 2. The van der Waals surface area contributed by atoms with E-state index in [1.807, 2.05) is 26.0 Å². The summed E-state index contributed by atoms with van der Waals surface area (Å²) in [4.78, 5) is 20.4. The van der Waals surface area contributed by atoms with Gasteiger partial charge in [0.1, 0.15) is 5.82 Å². The molecule has 5 nitrogen and oxygen atoms in total. The van der Waals surface area contributed by atoms with Crippen LogP contribution in [0.1, 0.15) is 21.5 Å². The molecule has 0 aliphatic rings. The van der Waals surface area contributed by atoms with Gasteiger partial charge < -0.3 is 10.6 Å². The summed E-state index contributed by atoms with van der Waals surface area (Å²) in [6.45, 7) is 3.89. The van der Waals surface area contributed by atoms with Crippen LogP contribution in [0.25, 0.3) is 0 Å². The highest BCUT2D eigenvalue weighted by molar-refractivity contribution is 6.33. The van der Waals surface area contributed by atoms with Crippen molar-refractivity contribution in [2.24, 2.45) is 0 Å². The number of carbonyl (C=O) groups is 1. The van der Waals surface area contributed by atoms with Crippen molar-refractivity contribution in [1.29, 1.82) is 0 Å². The standard InChI is InChI=1S/C19H16ClFN4O/c1-11-7-12(2)17(14(20)8-11)25-19-22-9-13(10-23-19)18(26)24-16-6-4-3-5-15(16)21/h3-10H,1-2H3,(H,24,26)(H,22,23,25). The van der Waals surface area contributed by atoms with Gasteiger partial charge in [-0.3, -0.25) is 4.79 Å². The summed E-state index contributed by atoms with van der Waals surface area (Å²) in [6.07, 6.45) is 2.73. The fraction of sp³-hybridized carbons (Fsp3) is 0.105. The number of para-hydroxylation sites is 1. The Hall–Kier alpha value is -2.99. The third-order valence-electron chi connectivity index (χ3n) is 3.70. The molecule has 0 saturated heterocycles. The zero-order valence-corrected chi connectivity index (χ0v) is 14.9. The van der Waals surface area contributed by atoms with Crippen molar-refractivity contribution < 1.29 is 9.18 Å². The van der Waals surface area contributed by atoms with Gasteiger partial charge in [0, 0.05) is 12.4 Å². The van der Waals surface area contributed by atoms with Crippen LogP contribution in [0.5, 0.6) is 0 Å². The summed E-state index contributed by atoms with van der Waals surface area (Å²) in [5.41, 5.74) is 3.03. The fourth-order valence-corrected chi connectivity index (χ4v) is 2.82. The highest BCUT2D eigenvalue weighted by Gasteiger charge is 2.11. The highest BCUT2D eigenvalue weighted by atomic mass is 35.5. The summed E-state index contributed by atoms with van der Waals surface area (Å²) in [7, 11) is 0. The number of aromatic nitrogens is 2. The van der Waals surface area contributed by atoms with Crippen molar-refractivity contribution in [3.63, 3.8) is 0 Å². The molecule has 0 spiro atoms. The number of nitrogens with one attached hydrogen (secondary N) is 2. The van der Waals surface area contributed by atoms with Crippen LogP contribution in [0, 0.1) is 19.7 Å². The average Bonchev–Trinajstić information content (AvgIpc) is 2.60. The van der Waals surface area contributed by atoms with Crippen molar-refractivity contribution in [1.82, 2.24) is 9.97 Å². The number of aryl methyl sites for hydroxylation is 2. The van der Waals surface area contributed by atoms with Gasteiger partial charge in [-0.2, -0.15) is 0 Å². The summed E-state index contributed by atoms with van der Waals surface area (Å²) in [5, 5.41) is 6.09. The molecule has 1 aromatic heterocycles. The first-order valence-corrected chi connectivity index (χ1v) is 8.23. The molecule has 0 saturated carbocycles. The van der Waals surface area contributed by atoms with Crippen LogP contribution in [0.2, 0.25) is 5.02 Å². The Morgan fingerprint density at radius 1 is 1.12 bits per heavy atom. The van der Waals surface area contributed by atoms with Crippen molar-refractivity contribution in [3.8, 4) is 0 Å². The molecular formula is C19H16ClFN4O. The second kappa shape index (κ2) is 7.49. The van der Waals surface area contributed by atoms with Crippen LogP contribution in [0.3, 0.4) is 0 Å². The van der Waals surface area contributed by atoms with Gasteiger partial charge >= 0.3 is 0 Å². The maximum Gasteiger partial charge on any atom is 0.258 e. The van der Waals surface area contributed by atoms with Crippen LogP contribution in [0.15, 0.2) is 48.8 Å². The fourth-order valence-electron chi connectivity index (χ4n) is 2.45. The first-order chi connectivity index (χ1) is 12.4. The SMILES string of the molecule is Cc1cc(C)c(Nc2ncc(C(=O)Nc3ccccc3F)cn2)c(Cl)c1. The van der Waals surface area contributed by atoms with Gasteiger partial charge in [-0.15, -0.1) is 0 Å². The van der Waals surface area contributed by atoms with E-state index in [0.717, 1.165) is 11.1 Å². The molecule has 1 heterocycles. The minimum absolute atomic E-state index is 0.0989. The predicted octanol–water partition coefficient (Wildman–Crippen LogP) is 4.88. The molecule has 3 aromatic rings. The van der Waals surface area contributed by atoms with E-state index in [2.05, 4.69) is 20.6 Å². The molecule has 0 unspecified atom stereocenters. The second-order valence-electron chi connectivity index (χ2n) is 5.79. The van der Waals surface area contributed by atoms with Crippen LogP contribution in [0.4, 0.5) is 21.7 Å². The quantitative estimate of drug-likeness (QED) is 0.686. The number of halogens is 2. The number of nitrogens with zero attached hydrogens (tertiary/aromatic N) is 2. The van der Waals surface area contributed by atoms with E-state index in [0.29, 0.717) is 16.7 Å². The molecule has 0 aliphatic heterocycles. The first-order valence-electron chi connectivity index (χ1n) is 7.86. The molecule has 0 aliphatic carbocycles. The summed E-state index contributed by atoms with van der Waals surface area (Å²) >= 11 is 6.25. The van der Waals surface area contributed by atoms with Crippen LogP contribution >= 0.6 is 11.6 Å². The van der Waals surface area contributed by atoms with Crippen LogP contribution < -0.4 is 10.6 Å². The lowest BCUT2D eigenvalue weighted by atomic mass is 10.1. The number of rotatable bonds is 4. The Morgan fingerprint density at radius 2 is 1.81 bits per heavy atom.